The number of nitrogens with zero attached hydrogens (tertiary/aromatic N) is 3. The van der Waals surface area contributed by atoms with Crippen LogP contribution in [0.3, 0.4) is 0 Å². The average Bonchev–Trinajstić information content (AvgIpc) is 2.81. The van der Waals surface area contributed by atoms with E-state index >= 15 is 0 Å². The first-order valence-corrected chi connectivity index (χ1v) is 10.9. The van der Waals surface area contributed by atoms with Crippen LogP contribution >= 0.6 is 0 Å². The summed E-state index contributed by atoms with van der Waals surface area (Å²) in [4.78, 5) is 50.8. The molecule has 2 N–H and O–H groups in total. The van der Waals surface area contributed by atoms with Crippen LogP contribution < -0.4 is 20.3 Å². The van der Waals surface area contributed by atoms with Crippen LogP contribution in [-0.4, -0.2) is 66.9 Å². The fraction of sp³-hybridized carbons (Fsp3) is 0.348. The van der Waals surface area contributed by atoms with Crippen molar-refractivity contribution < 1.29 is 24.0 Å². The van der Waals surface area contributed by atoms with Crippen LogP contribution in [0, 0.1) is 10.1 Å². The highest BCUT2D eigenvalue weighted by Crippen LogP contribution is 2.35. The van der Waals surface area contributed by atoms with Crippen LogP contribution in [0.1, 0.15) is 24.2 Å². The van der Waals surface area contributed by atoms with Crippen LogP contribution in [0.25, 0.3) is 0 Å². The van der Waals surface area contributed by atoms with E-state index in [-0.39, 0.29) is 30.4 Å². The van der Waals surface area contributed by atoms with Crippen molar-refractivity contribution in [1.82, 2.24) is 10.2 Å². The molecule has 0 atom stereocenters. The number of non-ortho nitro benzene ring substituents is 1. The molecule has 2 aromatic carbocycles. The highest BCUT2D eigenvalue weighted by atomic mass is 16.6. The van der Waals surface area contributed by atoms with E-state index in [0.717, 1.165) is 25.7 Å². The summed E-state index contributed by atoms with van der Waals surface area (Å²) in [6.07, 6.45) is 0. The Morgan fingerprint density at radius 3 is 2.50 bits per heavy atom. The van der Waals surface area contributed by atoms with Crippen LogP contribution in [0.2, 0.25) is 0 Å². The van der Waals surface area contributed by atoms with Crippen molar-refractivity contribution in [3.63, 3.8) is 0 Å². The van der Waals surface area contributed by atoms with Crippen LogP contribution in [-0.2, 0) is 9.59 Å². The number of nitrogens with one attached hydrogen (secondary N) is 2. The standard InChI is InChI=1S/C23H27N5O6/c1-3-26(4-2)12-11-24-23(31)16-5-7-17(8-6-16)25-21(29)14-27-15-22(30)34-20-13-18(28(32)33)9-10-19(20)27/h5-10,13H,3-4,11-12,14-15H2,1-2H3,(H,24,31)(H,25,29). The van der Waals surface area contributed by atoms with E-state index in [2.05, 4.69) is 29.4 Å². The SMILES string of the molecule is CCN(CC)CCNC(=O)c1ccc(NC(=O)CN2CC(=O)Oc3cc([N+](=O)[O-])ccc32)cc1. The van der Waals surface area contributed by atoms with E-state index in [1.807, 2.05) is 0 Å². The van der Waals surface area contributed by atoms with Crippen LogP contribution in [0.4, 0.5) is 17.1 Å². The highest BCUT2D eigenvalue weighted by molar-refractivity contribution is 5.98. The molecule has 0 bridgehead atoms. The van der Waals surface area contributed by atoms with Gasteiger partial charge in [-0.1, -0.05) is 13.8 Å². The number of ether oxygens (including phenoxy) is 1. The number of rotatable bonds is 10. The molecular weight excluding hydrogens is 442 g/mol. The number of amides is 2. The Morgan fingerprint density at radius 2 is 1.85 bits per heavy atom. The molecule has 0 aromatic heterocycles. The number of likely N-dealkylation sites (N-methyl/N-ethyl adjacent to an activating group) is 1. The first-order chi connectivity index (χ1) is 16.3. The van der Waals surface area contributed by atoms with E-state index < -0.39 is 16.8 Å². The number of carbonyl (C=O) groups is 3. The Hall–Kier alpha value is -3.99. The number of benzene rings is 2. The van der Waals surface area contributed by atoms with Crippen molar-refractivity contribution in [2.75, 3.05) is 49.5 Å². The molecule has 2 aromatic rings. The molecule has 1 aliphatic heterocycles. The zero-order valence-electron chi connectivity index (χ0n) is 19.1. The first-order valence-electron chi connectivity index (χ1n) is 10.9. The Balaban J connectivity index is 1.57. The average molecular weight is 469 g/mol. The van der Waals surface area contributed by atoms with E-state index in [9.17, 15) is 24.5 Å². The molecule has 180 valence electrons. The smallest absolute Gasteiger partial charge is 0.331 e. The fourth-order valence-electron chi connectivity index (χ4n) is 3.54. The molecule has 0 unspecified atom stereocenters. The van der Waals surface area contributed by atoms with E-state index in [1.54, 1.807) is 24.3 Å². The molecule has 11 nitrogen and oxygen atoms in total. The summed E-state index contributed by atoms with van der Waals surface area (Å²) in [5.74, 6) is -1.16. The van der Waals surface area contributed by atoms with Crippen molar-refractivity contribution in [3.05, 3.63) is 58.1 Å². The molecule has 0 spiro atoms. The predicted octanol–water partition coefficient (Wildman–Crippen LogP) is 2.03. The topological polar surface area (TPSA) is 134 Å². The van der Waals surface area contributed by atoms with Gasteiger partial charge in [0.1, 0.15) is 6.54 Å². The first kappa shape index (κ1) is 24.6. The maximum Gasteiger partial charge on any atom is 0.331 e. The van der Waals surface area contributed by atoms with Crippen molar-refractivity contribution in [1.29, 1.82) is 0 Å². The lowest BCUT2D eigenvalue weighted by molar-refractivity contribution is -0.384. The number of hydrogen-bond donors (Lipinski definition) is 2. The Morgan fingerprint density at radius 1 is 1.15 bits per heavy atom. The largest absolute Gasteiger partial charge is 0.423 e. The van der Waals surface area contributed by atoms with Gasteiger partial charge in [-0.3, -0.25) is 19.7 Å². The number of esters is 1. The van der Waals surface area contributed by atoms with Crippen molar-refractivity contribution in [2.45, 2.75) is 13.8 Å². The summed E-state index contributed by atoms with van der Waals surface area (Å²) in [5.41, 5.74) is 1.17. The van der Waals surface area contributed by atoms with Crippen molar-refractivity contribution in [3.8, 4) is 5.75 Å². The molecule has 0 fully saturated rings. The molecule has 34 heavy (non-hydrogen) atoms. The maximum absolute atomic E-state index is 12.6. The molecule has 3 rings (SSSR count). The van der Waals surface area contributed by atoms with Crippen molar-refractivity contribution >= 4 is 34.8 Å². The molecule has 1 aliphatic rings. The van der Waals surface area contributed by atoms with Gasteiger partial charge in [-0.05, 0) is 43.4 Å². The number of hydrogen-bond acceptors (Lipinski definition) is 8. The molecule has 2 amide bonds. The summed E-state index contributed by atoms with van der Waals surface area (Å²) in [5, 5.41) is 16.6. The highest BCUT2D eigenvalue weighted by Gasteiger charge is 2.27. The number of nitro benzene ring substituents is 1. The molecule has 0 saturated heterocycles. The lowest BCUT2D eigenvalue weighted by atomic mass is 10.2. The van der Waals surface area contributed by atoms with Gasteiger partial charge in [0.25, 0.3) is 11.6 Å². The molecule has 0 aliphatic carbocycles. The lowest BCUT2D eigenvalue weighted by Crippen LogP contribution is -2.41. The molecule has 11 heteroatoms. The van der Waals surface area contributed by atoms with Gasteiger partial charge in [-0.2, -0.15) is 0 Å². The Labute approximate surface area is 196 Å². The summed E-state index contributed by atoms with van der Waals surface area (Å²) in [6, 6.07) is 10.4. The number of carbonyl (C=O) groups excluding carboxylic acids is 3. The number of nitro groups is 1. The summed E-state index contributed by atoms with van der Waals surface area (Å²) < 4.78 is 5.08. The zero-order valence-corrected chi connectivity index (χ0v) is 19.1. The van der Waals surface area contributed by atoms with Gasteiger partial charge in [0.15, 0.2) is 5.75 Å². The summed E-state index contributed by atoms with van der Waals surface area (Å²) in [6.45, 7) is 6.98. The minimum Gasteiger partial charge on any atom is -0.423 e. The van der Waals surface area contributed by atoms with Gasteiger partial charge in [0, 0.05) is 30.4 Å². The van der Waals surface area contributed by atoms with Gasteiger partial charge in [0.05, 0.1) is 23.2 Å². The predicted molar refractivity (Wildman–Crippen MR) is 126 cm³/mol. The number of fused-ring (bicyclic) bond motifs is 1. The maximum atomic E-state index is 12.6. The van der Waals surface area contributed by atoms with Crippen LogP contribution in [0.15, 0.2) is 42.5 Å². The second-order valence-corrected chi connectivity index (χ2v) is 7.65. The minimum atomic E-state index is -0.614. The second-order valence-electron chi connectivity index (χ2n) is 7.65. The van der Waals surface area contributed by atoms with Crippen LogP contribution in [0.5, 0.6) is 5.75 Å². The summed E-state index contributed by atoms with van der Waals surface area (Å²) in [7, 11) is 0. The Kier molecular flexibility index (Phi) is 8.14. The fourth-order valence-corrected chi connectivity index (χ4v) is 3.54. The van der Waals surface area contributed by atoms with Gasteiger partial charge < -0.3 is 25.2 Å². The van der Waals surface area contributed by atoms with E-state index in [0.29, 0.717) is 23.5 Å². The third kappa shape index (κ3) is 6.29. The third-order valence-electron chi connectivity index (χ3n) is 5.41. The molecule has 1 heterocycles. The third-order valence-corrected chi connectivity index (χ3v) is 5.41. The van der Waals surface area contributed by atoms with E-state index in [4.69, 9.17) is 4.74 Å². The quantitative estimate of drug-likeness (QED) is 0.234. The zero-order chi connectivity index (χ0) is 24.7. The van der Waals surface area contributed by atoms with Gasteiger partial charge in [-0.15, -0.1) is 0 Å². The summed E-state index contributed by atoms with van der Waals surface area (Å²) >= 11 is 0. The van der Waals surface area contributed by atoms with Gasteiger partial charge >= 0.3 is 5.97 Å². The van der Waals surface area contributed by atoms with Crippen molar-refractivity contribution in [2.24, 2.45) is 0 Å². The Bertz CT molecular complexity index is 1070. The number of anilines is 2. The van der Waals surface area contributed by atoms with E-state index in [1.165, 1.54) is 17.0 Å². The van der Waals surface area contributed by atoms with Gasteiger partial charge in [0.2, 0.25) is 5.91 Å². The minimum absolute atomic E-state index is 0.0367. The lowest BCUT2D eigenvalue weighted by Gasteiger charge is -2.28. The monoisotopic (exact) mass is 469 g/mol. The normalized spacial score (nSPS) is 12.7. The van der Waals surface area contributed by atoms with Gasteiger partial charge in [-0.25, -0.2) is 4.79 Å². The molecular formula is C23H27N5O6. The molecule has 0 saturated carbocycles. The second kappa shape index (κ2) is 11.2. The molecule has 0 radical (unpaired) electrons.